The van der Waals surface area contributed by atoms with Gasteiger partial charge in [0.25, 0.3) is 0 Å². The van der Waals surface area contributed by atoms with Crippen molar-refractivity contribution in [1.29, 1.82) is 0 Å². The molecule has 0 aliphatic heterocycles. The van der Waals surface area contributed by atoms with E-state index in [4.69, 9.17) is 0 Å². The molecule has 0 spiro atoms. The molecule has 3 unspecified atom stereocenters. The third-order valence-corrected chi connectivity index (χ3v) is 5.09. The van der Waals surface area contributed by atoms with Crippen LogP contribution in [0.25, 0.3) is 0 Å². The van der Waals surface area contributed by atoms with Crippen molar-refractivity contribution < 1.29 is 0 Å². The Bertz CT molecular complexity index is 476. The van der Waals surface area contributed by atoms with Crippen LogP contribution < -0.4 is 0 Å². The van der Waals surface area contributed by atoms with E-state index in [9.17, 15) is 0 Å². The van der Waals surface area contributed by atoms with Crippen molar-refractivity contribution in [3.8, 4) is 0 Å². The number of aliphatic imine (C=N–C) groups is 1. The minimum absolute atomic E-state index is 0.531. The zero-order valence-corrected chi connectivity index (χ0v) is 13.2. The van der Waals surface area contributed by atoms with Crippen LogP contribution in [0.3, 0.4) is 0 Å². The molecule has 0 radical (unpaired) electrons. The predicted octanol–water partition coefficient (Wildman–Crippen LogP) is 4.82. The molecular formula is C18H27N. The van der Waals surface area contributed by atoms with Crippen molar-refractivity contribution in [3.05, 3.63) is 34.9 Å². The van der Waals surface area contributed by atoms with Crippen molar-refractivity contribution >= 4 is 5.71 Å². The van der Waals surface area contributed by atoms with Crippen molar-refractivity contribution in [2.24, 2.45) is 28.7 Å². The lowest BCUT2D eigenvalue weighted by Crippen LogP contribution is -2.27. The first-order valence-electron chi connectivity index (χ1n) is 7.55. The van der Waals surface area contributed by atoms with E-state index in [1.165, 1.54) is 23.3 Å². The molecule has 2 aliphatic carbocycles. The maximum absolute atomic E-state index is 4.45. The van der Waals surface area contributed by atoms with Gasteiger partial charge in [0.2, 0.25) is 0 Å². The van der Waals surface area contributed by atoms with Crippen molar-refractivity contribution in [2.45, 2.75) is 41.0 Å². The first-order valence-corrected chi connectivity index (χ1v) is 7.55. The summed E-state index contributed by atoms with van der Waals surface area (Å²) in [7, 11) is 1.91. The molecule has 0 saturated heterocycles. The van der Waals surface area contributed by atoms with Crippen LogP contribution in [0, 0.1) is 23.7 Å². The SMILES string of the molecule is CCC(C)C1=CC(C)C(C)=C(/C(C)=N\C)C2C=C[C@H]12. The lowest BCUT2D eigenvalue weighted by Gasteiger charge is -2.35. The summed E-state index contributed by atoms with van der Waals surface area (Å²) in [5.74, 6) is 2.39. The highest BCUT2D eigenvalue weighted by atomic mass is 14.7. The van der Waals surface area contributed by atoms with E-state index in [2.05, 4.69) is 57.8 Å². The summed E-state index contributed by atoms with van der Waals surface area (Å²) in [6.07, 6.45) is 8.49. The molecule has 2 aliphatic rings. The van der Waals surface area contributed by atoms with Gasteiger partial charge in [0, 0.05) is 24.6 Å². The van der Waals surface area contributed by atoms with Crippen LogP contribution in [0.5, 0.6) is 0 Å². The topological polar surface area (TPSA) is 12.4 Å². The molecule has 0 fully saturated rings. The van der Waals surface area contributed by atoms with Crippen molar-refractivity contribution in [2.75, 3.05) is 7.05 Å². The number of nitrogens with zero attached hydrogens (tertiary/aromatic N) is 1. The van der Waals surface area contributed by atoms with Crippen LogP contribution in [0.2, 0.25) is 0 Å². The predicted molar refractivity (Wildman–Crippen MR) is 84.6 cm³/mol. The van der Waals surface area contributed by atoms with Crippen LogP contribution in [0.1, 0.15) is 41.0 Å². The summed E-state index contributed by atoms with van der Waals surface area (Å²) < 4.78 is 0. The molecule has 0 amide bonds. The summed E-state index contributed by atoms with van der Waals surface area (Å²) in [6.45, 7) is 11.4. The van der Waals surface area contributed by atoms with E-state index in [1.54, 1.807) is 5.57 Å². The highest BCUT2D eigenvalue weighted by Crippen LogP contribution is 2.46. The van der Waals surface area contributed by atoms with Gasteiger partial charge in [-0.3, -0.25) is 4.99 Å². The number of allylic oxidation sites excluding steroid dienone is 6. The van der Waals surface area contributed by atoms with Gasteiger partial charge >= 0.3 is 0 Å². The van der Waals surface area contributed by atoms with E-state index < -0.39 is 0 Å². The number of rotatable bonds is 3. The molecule has 0 bridgehead atoms. The third-order valence-electron chi connectivity index (χ3n) is 5.09. The first-order chi connectivity index (χ1) is 9.01. The minimum Gasteiger partial charge on any atom is -0.293 e. The van der Waals surface area contributed by atoms with E-state index in [-0.39, 0.29) is 0 Å². The van der Waals surface area contributed by atoms with Gasteiger partial charge in [-0.15, -0.1) is 0 Å². The molecule has 0 N–H and O–H groups in total. The minimum atomic E-state index is 0.531. The molecule has 0 heterocycles. The molecule has 0 saturated carbocycles. The lowest BCUT2D eigenvalue weighted by molar-refractivity contribution is 0.487. The molecule has 104 valence electrons. The maximum Gasteiger partial charge on any atom is 0.0351 e. The van der Waals surface area contributed by atoms with Crippen molar-refractivity contribution in [3.63, 3.8) is 0 Å². The van der Waals surface area contributed by atoms with E-state index in [0.29, 0.717) is 23.7 Å². The van der Waals surface area contributed by atoms with E-state index in [1.807, 2.05) is 7.05 Å². The van der Waals surface area contributed by atoms with Crippen LogP contribution in [0.4, 0.5) is 0 Å². The van der Waals surface area contributed by atoms with Gasteiger partial charge in [-0.2, -0.15) is 0 Å². The van der Waals surface area contributed by atoms with Crippen molar-refractivity contribution in [1.82, 2.24) is 0 Å². The van der Waals surface area contributed by atoms with Crippen LogP contribution in [-0.2, 0) is 0 Å². The van der Waals surface area contributed by atoms with Gasteiger partial charge in [0.05, 0.1) is 0 Å². The van der Waals surface area contributed by atoms with Crippen LogP contribution in [0.15, 0.2) is 39.9 Å². The second-order valence-corrected chi connectivity index (χ2v) is 6.11. The van der Waals surface area contributed by atoms with Crippen LogP contribution >= 0.6 is 0 Å². The summed E-state index contributed by atoms with van der Waals surface area (Å²) in [5.41, 5.74) is 5.83. The number of fused-ring (bicyclic) bond motifs is 1. The quantitative estimate of drug-likeness (QED) is 0.508. The van der Waals surface area contributed by atoms with E-state index >= 15 is 0 Å². The molecule has 4 atom stereocenters. The molecule has 1 heteroatoms. The fraction of sp³-hybridized carbons (Fsp3) is 0.611. The Morgan fingerprint density at radius 2 is 1.95 bits per heavy atom. The molecule has 0 aromatic carbocycles. The molecule has 2 rings (SSSR count). The van der Waals surface area contributed by atoms with Gasteiger partial charge in [-0.05, 0) is 37.7 Å². The molecule has 0 aromatic rings. The second-order valence-electron chi connectivity index (χ2n) is 6.11. The highest BCUT2D eigenvalue weighted by Gasteiger charge is 2.36. The summed E-state index contributed by atoms with van der Waals surface area (Å²) in [6, 6.07) is 0. The molecule has 1 nitrogen and oxygen atoms in total. The zero-order chi connectivity index (χ0) is 14.2. The number of hydrogen-bond donors (Lipinski definition) is 0. The Morgan fingerprint density at radius 1 is 1.32 bits per heavy atom. The van der Waals surface area contributed by atoms with Gasteiger partial charge < -0.3 is 0 Å². The molecule has 0 aromatic heterocycles. The first kappa shape index (κ1) is 14.3. The molecule has 19 heavy (non-hydrogen) atoms. The Hall–Kier alpha value is -1.11. The van der Waals surface area contributed by atoms with E-state index in [0.717, 1.165) is 0 Å². The van der Waals surface area contributed by atoms with Gasteiger partial charge in [-0.1, -0.05) is 50.1 Å². The Balaban J connectivity index is 2.46. The second kappa shape index (κ2) is 5.48. The summed E-state index contributed by atoms with van der Waals surface area (Å²) in [5, 5.41) is 0. The summed E-state index contributed by atoms with van der Waals surface area (Å²) >= 11 is 0. The standard InChI is InChI=1S/C18H27N/c1-7-11(2)17-10-12(3)13(4)18(14(5)19-6)16-9-8-15(16)17/h8-12,15-16H,7H2,1-6H3/b19-14-/t11?,12?,15-,16?/m0/s1. The largest absolute Gasteiger partial charge is 0.293 e. The van der Waals surface area contributed by atoms with Gasteiger partial charge in [-0.25, -0.2) is 0 Å². The third kappa shape index (κ3) is 2.35. The lowest BCUT2D eigenvalue weighted by atomic mass is 9.69. The molecular weight excluding hydrogens is 230 g/mol. The van der Waals surface area contributed by atoms with Crippen LogP contribution in [-0.4, -0.2) is 12.8 Å². The van der Waals surface area contributed by atoms with Gasteiger partial charge in [0.1, 0.15) is 0 Å². The summed E-state index contributed by atoms with van der Waals surface area (Å²) in [4.78, 5) is 4.45. The van der Waals surface area contributed by atoms with Gasteiger partial charge in [0.15, 0.2) is 0 Å². The number of hydrogen-bond acceptors (Lipinski definition) is 1. The Labute approximate surface area is 118 Å². The maximum atomic E-state index is 4.45. The normalized spacial score (nSPS) is 32.4. The fourth-order valence-electron chi connectivity index (χ4n) is 3.34. The zero-order valence-electron chi connectivity index (χ0n) is 13.2. The highest BCUT2D eigenvalue weighted by molar-refractivity contribution is 6.00. The smallest absolute Gasteiger partial charge is 0.0351 e. The monoisotopic (exact) mass is 257 g/mol. The Kier molecular flexibility index (Phi) is 4.13. The average molecular weight is 257 g/mol. The average Bonchev–Trinajstić information content (AvgIpc) is 2.45. The Morgan fingerprint density at radius 3 is 2.42 bits per heavy atom. The fourth-order valence-corrected chi connectivity index (χ4v) is 3.34.